The molecule has 1 aromatic heterocycles. The van der Waals surface area contributed by atoms with Gasteiger partial charge in [-0.1, -0.05) is 6.07 Å². The number of thiazole rings is 1. The number of aromatic nitrogens is 1. The van der Waals surface area contributed by atoms with Crippen LogP contribution in [-0.2, 0) is 16.1 Å². The number of nitrogens with zero attached hydrogens (tertiary/aromatic N) is 2. The van der Waals surface area contributed by atoms with Crippen LogP contribution in [0, 0.1) is 0 Å². The number of rotatable bonds is 4. The number of carbonyl (C=O) groups excluding carboxylic acids is 1. The summed E-state index contributed by atoms with van der Waals surface area (Å²) < 4.78 is 17.2. The Hall–Kier alpha value is -1.96. The van der Waals surface area contributed by atoms with Gasteiger partial charge in [0.05, 0.1) is 24.4 Å². The molecule has 2 aromatic rings. The van der Waals surface area contributed by atoms with Gasteiger partial charge in [0.2, 0.25) is 0 Å². The average Bonchev–Trinajstić information content (AvgIpc) is 3.33. The monoisotopic (exact) mass is 360 g/mol. The first kappa shape index (κ1) is 16.5. The second-order valence-corrected chi connectivity index (χ2v) is 6.91. The van der Waals surface area contributed by atoms with Crippen LogP contribution in [-0.4, -0.2) is 47.9 Å². The van der Waals surface area contributed by atoms with Gasteiger partial charge in [0.1, 0.15) is 12.4 Å². The minimum Gasteiger partial charge on any atom is -0.487 e. The molecule has 25 heavy (non-hydrogen) atoms. The van der Waals surface area contributed by atoms with Gasteiger partial charge in [-0.25, -0.2) is 4.98 Å². The predicted molar refractivity (Wildman–Crippen MR) is 92.7 cm³/mol. The number of carbonyl (C=O) groups is 1. The van der Waals surface area contributed by atoms with E-state index in [4.69, 9.17) is 14.2 Å². The van der Waals surface area contributed by atoms with Gasteiger partial charge in [-0.3, -0.25) is 4.79 Å². The van der Waals surface area contributed by atoms with Crippen LogP contribution in [0.5, 0.6) is 5.75 Å². The Morgan fingerprint density at radius 3 is 2.80 bits per heavy atom. The zero-order valence-corrected chi connectivity index (χ0v) is 14.7. The van der Waals surface area contributed by atoms with E-state index in [-0.39, 0.29) is 5.91 Å². The van der Waals surface area contributed by atoms with Gasteiger partial charge in [-0.15, -0.1) is 11.3 Å². The molecule has 6 nitrogen and oxygen atoms in total. The molecule has 2 fully saturated rings. The molecule has 0 unspecified atom stereocenters. The quantitative estimate of drug-likeness (QED) is 0.839. The van der Waals surface area contributed by atoms with E-state index in [1.165, 1.54) is 11.3 Å². The van der Waals surface area contributed by atoms with E-state index in [1.54, 1.807) is 11.6 Å². The number of amides is 1. The second-order valence-electron chi connectivity index (χ2n) is 6.20. The Kier molecular flexibility index (Phi) is 4.70. The third kappa shape index (κ3) is 3.68. The van der Waals surface area contributed by atoms with Crippen LogP contribution in [0.1, 0.15) is 28.9 Å². The summed E-state index contributed by atoms with van der Waals surface area (Å²) in [6.45, 7) is 2.98. The highest BCUT2D eigenvalue weighted by atomic mass is 32.1. The van der Waals surface area contributed by atoms with Crippen molar-refractivity contribution in [2.75, 3.05) is 26.3 Å². The van der Waals surface area contributed by atoms with E-state index in [0.717, 1.165) is 18.5 Å². The highest BCUT2D eigenvalue weighted by Gasteiger charge is 2.40. The highest BCUT2D eigenvalue weighted by molar-refractivity contribution is 7.07. The Morgan fingerprint density at radius 2 is 2.08 bits per heavy atom. The van der Waals surface area contributed by atoms with Crippen LogP contribution in [0.25, 0.3) is 0 Å². The first-order valence-electron chi connectivity index (χ1n) is 8.41. The van der Waals surface area contributed by atoms with Crippen LogP contribution >= 0.6 is 11.3 Å². The molecule has 0 aliphatic carbocycles. The van der Waals surface area contributed by atoms with Crippen LogP contribution in [0.3, 0.4) is 0 Å². The minimum atomic E-state index is -0.463. The van der Waals surface area contributed by atoms with Crippen molar-refractivity contribution < 1.29 is 19.0 Å². The maximum absolute atomic E-state index is 12.8. The summed E-state index contributed by atoms with van der Waals surface area (Å²) >= 11 is 1.54. The molecule has 0 bridgehead atoms. The molecular formula is C18H20N2O4S. The molecule has 7 heteroatoms. The van der Waals surface area contributed by atoms with Crippen molar-refractivity contribution in [1.29, 1.82) is 0 Å². The lowest BCUT2D eigenvalue weighted by Crippen LogP contribution is -2.47. The van der Waals surface area contributed by atoms with Crippen molar-refractivity contribution in [2.45, 2.75) is 25.2 Å². The fraction of sp³-hybridized carbons (Fsp3) is 0.444. The lowest BCUT2D eigenvalue weighted by atomic mass is 10.0. The van der Waals surface area contributed by atoms with Gasteiger partial charge in [0.25, 0.3) is 5.91 Å². The third-order valence-corrected chi connectivity index (χ3v) is 5.21. The molecule has 2 aliphatic rings. The molecule has 4 rings (SSSR count). The number of hydrogen-bond donors (Lipinski definition) is 0. The number of hydrogen-bond acceptors (Lipinski definition) is 6. The summed E-state index contributed by atoms with van der Waals surface area (Å²) in [7, 11) is 0. The molecule has 3 heterocycles. The summed E-state index contributed by atoms with van der Waals surface area (Å²) in [6.07, 6.45) is 1.44. The van der Waals surface area contributed by atoms with E-state index < -0.39 is 5.79 Å². The second kappa shape index (κ2) is 7.11. The summed E-state index contributed by atoms with van der Waals surface area (Å²) in [5.41, 5.74) is 3.30. The average molecular weight is 360 g/mol. The van der Waals surface area contributed by atoms with Crippen LogP contribution in [0.15, 0.2) is 35.2 Å². The molecule has 2 saturated heterocycles. The zero-order chi connectivity index (χ0) is 17.1. The fourth-order valence-corrected chi connectivity index (χ4v) is 3.75. The maximum Gasteiger partial charge on any atom is 0.253 e. The number of likely N-dealkylation sites (tertiary alicyclic amines) is 1. The van der Waals surface area contributed by atoms with Crippen molar-refractivity contribution in [3.05, 3.63) is 46.4 Å². The summed E-state index contributed by atoms with van der Waals surface area (Å²) in [5, 5.41) is 1.95. The highest BCUT2D eigenvalue weighted by Crippen LogP contribution is 2.31. The van der Waals surface area contributed by atoms with Gasteiger partial charge in [-0.2, -0.15) is 0 Å². The first-order chi connectivity index (χ1) is 12.2. The van der Waals surface area contributed by atoms with E-state index in [1.807, 2.05) is 28.5 Å². The molecule has 1 aromatic carbocycles. The number of piperidine rings is 1. The lowest BCUT2D eigenvalue weighted by Gasteiger charge is -2.37. The standard InChI is InChI=1S/C18H20N2O4S/c21-17(20-6-4-18(5-7-20)23-8-9-24-18)14-2-1-3-16(10-14)22-11-15-12-25-13-19-15/h1-3,10,12-13H,4-9,11H2. The molecule has 0 saturated carbocycles. The van der Waals surface area contributed by atoms with E-state index in [2.05, 4.69) is 4.98 Å². The molecule has 1 amide bonds. The molecule has 2 aliphatic heterocycles. The normalized spacial score (nSPS) is 19.3. The summed E-state index contributed by atoms with van der Waals surface area (Å²) in [4.78, 5) is 18.8. The van der Waals surface area contributed by atoms with Crippen LogP contribution < -0.4 is 4.74 Å². The molecular weight excluding hydrogens is 340 g/mol. The SMILES string of the molecule is O=C(c1cccc(OCc2cscn2)c1)N1CCC2(CC1)OCCO2. The fourth-order valence-electron chi connectivity index (χ4n) is 3.20. The molecule has 1 spiro atoms. The molecule has 0 atom stereocenters. The summed E-state index contributed by atoms with van der Waals surface area (Å²) in [5.74, 6) is 0.233. The predicted octanol–water partition coefficient (Wildman–Crippen LogP) is 2.70. The summed E-state index contributed by atoms with van der Waals surface area (Å²) in [6, 6.07) is 7.32. The number of ether oxygens (including phenoxy) is 3. The molecule has 132 valence electrons. The van der Waals surface area contributed by atoms with E-state index in [9.17, 15) is 4.79 Å². The minimum absolute atomic E-state index is 0.0203. The van der Waals surface area contributed by atoms with Crippen molar-refractivity contribution >= 4 is 17.2 Å². The van der Waals surface area contributed by atoms with Gasteiger partial charge in [0, 0.05) is 36.9 Å². The van der Waals surface area contributed by atoms with Crippen molar-refractivity contribution in [2.24, 2.45) is 0 Å². The largest absolute Gasteiger partial charge is 0.487 e. The maximum atomic E-state index is 12.8. The van der Waals surface area contributed by atoms with Gasteiger partial charge < -0.3 is 19.1 Å². The Bertz CT molecular complexity index is 718. The van der Waals surface area contributed by atoms with E-state index >= 15 is 0 Å². The van der Waals surface area contributed by atoms with Crippen LogP contribution in [0.2, 0.25) is 0 Å². The smallest absolute Gasteiger partial charge is 0.253 e. The molecule has 0 radical (unpaired) electrons. The lowest BCUT2D eigenvalue weighted by molar-refractivity contribution is -0.181. The van der Waals surface area contributed by atoms with Gasteiger partial charge in [0.15, 0.2) is 5.79 Å². The van der Waals surface area contributed by atoms with Crippen molar-refractivity contribution in [1.82, 2.24) is 9.88 Å². The first-order valence-corrected chi connectivity index (χ1v) is 9.36. The van der Waals surface area contributed by atoms with Crippen molar-refractivity contribution in [3.8, 4) is 5.75 Å². The Balaban J connectivity index is 1.38. The Labute approximate surface area is 150 Å². The molecule has 0 N–H and O–H groups in total. The number of benzene rings is 1. The van der Waals surface area contributed by atoms with Crippen molar-refractivity contribution in [3.63, 3.8) is 0 Å². The third-order valence-electron chi connectivity index (χ3n) is 4.58. The zero-order valence-electron chi connectivity index (χ0n) is 13.8. The Morgan fingerprint density at radius 1 is 1.28 bits per heavy atom. The van der Waals surface area contributed by atoms with Gasteiger partial charge >= 0.3 is 0 Å². The topological polar surface area (TPSA) is 60.9 Å². The van der Waals surface area contributed by atoms with Gasteiger partial charge in [-0.05, 0) is 18.2 Å². The van der Waals surface area contributed by atoms with Crippen LogP contribution in [0.4, 0.5) is 0 Å². The van der Waals surface area contributed by atoms with E-state index in [0.29, 0.717) is 44.2 Å².